The highest BCUT2D eigenvalue weighted by Gasteiger charge is 1.91. The molecule has 0 nitrogen and oxygen atoms in total. The number of allylic oxidation sites excluding steroid dienone is 2. The summed E-state index contributed by atoms with van der Waals surface area (Å²) in [6.45, 7) is 2.20. The van der Waals surface area contributed by atoms with Gasteiger partial charge in [-0.25, -0.2) is 0 Å². The Bertz CT molecular complexity index is 113. The second-order valence-corrected chi connectivity index (χ2v) is 6.94. The molecule has 0 aliphatic rings. The van der Waals surface area contributed by atoms with Crippen molar-refractivity contribution in [2.45, 2.75) is 56.4 Å². The molecule has 0 aromatic heterocycles. The lowest BCUT2D eigenvalue weighted by Crippen LogP contribution is -1.80. The van der Waals surface area contributed by atoms with E-state index in [1.807, 2.05) is 0 Å². The maximum atomic E-state index is 3.59. The van der Waals surface area contributed by atoms with Crippen molar-refractivity contribution in [1.29, 1.82) is 0 Å². The van der Waals surface area contributed by atoms with E-state index in [2.05, 4.69) is 32.0 Å². The molecule has 0 aliphatic carbocycles. The van der Waals surface area contributed by atoms with Crippen molar-refractivity contribution in [3.05, 3.63) is 12.2 Å². The summed E-state index contributed by atoms with van der Waals surface area (Å²) in [4.78, 5) is 0. The van der Waals surface area contributed by atoms with Gasteiger partial charge in [0.05, 0.1) is 0 Å². The Morgan fingerprint density at radius 2 is 1.69 bits per heavy atom. The van der Waals surface area contributed by atoms with Crippen LogP contribution >= 0.6 is 12.9 Å². The summed E-state index contributed by atoms with van der Waals surface area (Å²) >= 11 is 3.75. The second-order valence-electron chi connectivity index (χ2n) is 3.48. The highest BCUT2D eigenvalue weighted by molar-refractivity contribution is 9.23. The van der Waals surface area contributed by atoms with Crippen LogP contribution in [0, 0.1) is 0 Å². The Morgan fingerprint density at radius 1 is 1.00 bits per heavy atom. The molecule has 0 fully saturated rings. The summed E-state index contributed by atoms with van der Waals surface area (Å²) in [6, 6.07) is 0. The Balaban J connectivity index is 2.87. The van der Waals surface area contributed by atoms with Crippen molar-refractivity contribution in [3.63, 3.8) is 0 Å². The Morgan fingerprint density at radius 3 is 2.38 bits per heavy atom. The molecule has 0 saturated carbocycles. The van der Waals surface area contributed by atoms with E-state index < -0.39 is 0 Å². The largest absolute Gasteiger partial charge is 0.468 e. The van der Waals surface area contributed by atoms with Gasteiger partial charge in [0.25, 0.3) is 0 Å². The number of halogens is 1. The monoisotopic (exact) mass is 256 g/mol. The molecule has 0 atom stereocenters. The zero-order chi connectivity index (χ0) is 9.78. The molecule has 0 spiro atoms. The van der Waals surface area contributed by atoms with Gasteiger partial charge in [-0.15, -0.1) is 4.55 Å². The topological polar surface area (TPSA) is 0 Å². The summed E-state index contributed by atoms with van der Waals surface area (Å²) in [7, 11) is 0. The fourth-order valence-electron chi connectivity index (χ4n) is 1.35. The van der Waals surface area contributed by atoms with Gasteiger partial charge in [0.2, 0.25) is 0 Å². The van der Waals surface area contributed by atoms with Crippen LogP contribution in [0.15, 0.2) is 12.2 Å². The van der Waals surface area contributed by atoms with E-state index in [0.717, 1.165) is 0 Å². The Labute approximate surface area is 99.2 Å². The lowest BCUT2D eigenvalue weighted by atomic mass is 10.1. The van der Waals surface area contributed by atoms with Crippen molar-refractivity contribution in [1.82, 2.24) is 0 Å². The van der Waals surface area contributed by atoms with Gasteiger partial charge < -0.3 is 12.9 Å². The molecule has 0 aromatic rings. The third kappa shape index (κ3) is 13.0. The van der Waals surface area contributed by atoms with Crippen LogP contribution in [-0.4, -0.2) is 18.2 Å². The van der Waals surface area contributed by atoms with E-state index in [1.54, 1.807) is 0 Å². The molecule has 0 radical (unpaired) electrons. The van der Waals surface area contributed by atoms with Gasteiger partial charge in [-0.2, -0.15) is 0 Å². The van der Waals surface area contributed by atoms with E-state index in [4.69, 9.17) is 0 Å². The fourth-order valence-corrected chi connectivity index (χ4v) is 3.08. The molecule has 0 N–H and O–H groups in total. The SMILES string of the molecule is CC/C=C/CCCCCC[CH2][Mg][Br]. The average molecular weight is 257 g/mol. The maximum Gasteiger partial charge on any atom is 0.468 e. The van der Waals surface area contributed by atoms with Crippen LogP contribution in [0.25, 0.3) is 0 Å². The van der Waals surface area contributed by atoms with Gasteiger partial charge in [0.15, 0.2) is 0 Å². The first-order valence-corrected chi connectivity index (χ1v) is 10.5. The van der Waals surface area contributed by atoms with E-state index in [0.29, 0.717) is 0 Å². The highest BCUT2D eigenvalue weighted by Crippen LogP contribution is 2.08. The Hall–Kier alpha value is 0.986. The molecule has 2 heteroatoms. The van der Waals surface area contributed by atoms with Crippen LogP contribution in [0.5, 0.6) is 0 Å². The third-order valence-electron chi connectivity index (χ3n) is 2.16. The van der Waals surface area contributed by atoms with Gasteiger partial charge in [-0.1, -0.05) is 44.8 Å². The predicted molar refractivity (Wildman–Crippen MR) is 66.6 cm³/mol. The van der Waals surface area contributed by atoms with Gasteiger partial charge in [0, 0.05) is 0 Å². The van der Waals surface area contributed by atoms with E-state index in [-0.39, 0.29) is 18.2 Å². The minimum absolute atomic E-state index is 0.165. The van der Waals surface area contributed by atoms with Crippen LogP contribution in [0.3, 0.4) is 0 Å². The van der Waals surface area contributed by atoms with E-state index in [1.165, 1.54) is 49.5 Å². The van der Waals surface area contributed by atoms with Crippen LogP contribution < -0.4 is 0 Å². The van der Waals surface area contributed by atoms with Crippen LogP contribution in [0.2, 0.25) is 4.55 Å². The van der Waals surface area contributed by atoms with Crippen LogP contribution in [-0.2, 0) is 0 Å². The molecule has 0 saturated heterocycles. The summed E-state index contributed by atoms with van der Waals surface area (Å²) < 4.78 is 1.48. The smallest absolute Gasteiger partial charge is 0.307 e. The highest BCUT2D eigenvalue weighted by atomic mass is 79.9. The normalized spacial score (nSPS) is 10.6. The quantitative estimate of drug-likeness (QED) is 0.318. The molecule has 13 heavy (non-hydrogen) atoms. The van der Waals surface area contributed by atoms with Crippen LogP contribution in [0.1, 0.15) is 51.9 Å². The number of rotatable bonds is 9. The summed E-state index contributed by atoms with van der Waals surface area (Å²) in [5.74, 6) is 0. The number of hydrogen-bond donors (Lipinski definition) is 0. The maximum absolute atomic E-state index is 3.59. The summed E-state index contributed by atoms with van der Waals surface area (Å²) in [6.07, 6.45) is 14.3. The van der Waals surface area contributed by atoms with Crippen LogP contribution in [0.4, 0.5) is 0 Å². The molecular weight excluding hydrogens is 236 g/mol. The fraction of sp³-hybridized carbons (Fsp3) is 0.818. The molecular formula is C11H21BrMg. The molecule has 74 valence electrons. The molecule has 0 heterocycles. The minimum atomic E-state index is 0.165. The van der Waals surface area contributed by atoms with Crippen molar-refractivity contribution in [3.8, 4) is 0 Å². The predicted octanol–water partition coefficient (Wildman–Crippen LogP) is 4.73. The number of unbranched alkanes of at least 4 members (excludes halogenated alkanes) is 5. The minimum Gasteiger partial charge on any atom is -0.307 e. The van der Waals surface area contributed by atoms with Crippen molar-refractivity contribution in [2.24, 2.45) is 0 Å². The zero-order valence-corrected chi connectivity index (χ0v) is 11.9. The first kappa shape index (κ1) is 14.0. The second kappa shape index (κ2) is 13.0. The average Bonchev–Trinajstić information content (AvgIpc) is 2.16. The van der Waals surface area contributed by atoms with Gasteiger partial charge in [-0.3, -0.25) is 0 Å². The molecule has 0 rings (SSSR count). The van der Waals surface area contributed by atoms with Gasteiger partial charge in [0.1, 0.15) is 0 Å². The van der Waals surface area contributed by atoms with Crippen molar-refractivity contribution < 1.29 is 0 Å². The molecule has 0 unspecified atom stereocenters. The molecule has 0 aromatic carbocycles. The van der Waals surface area contributed by atoms with E-state index >= 15 is 0 Å². The summed E-state index contributed by atoms with van der Waals surface area (Å²) in [5.41, 5.74) is 0. The molecule has 0 bridgehead atoms. The van der Waals surface area contributed by atoms with E-state index in [9.17, 15) is 0 Å². The number of hydrogen-bond acceptors (Lipinski definition) is 0. The lowest BCUT2D eigenvalue weighted by Gasteiger charge is -1.98. The first-order valence-electron chi connectivity index (χ1n) is 5.62. The zero-order valence-electron chi connectivity index (χ0n) is 8.90. The molecule has 0 aliphatic heterocycles. The van der Waals surface area contributed by atoms with Crippen molar-refractivity contribution >= 4 is 31.1 Å². The molecule has 0 amide bonds. The van der Waals surface area contributed by atoms with Gasteiger partial charge in [-0.05, 0) is 19.3 Å². The van der Waals surface area contributed by atoms with Gasteiger partial charge >= 0.3 is 18.2 Å². The van der Waals surface area contributed by atoms with Crippen molar-refractivity contribution in [2.75, 3.05) is 0 Å². The first-order chi connectivity index (χ1) is 6.41. The Kier molecular flexibility index (Phi) is 14.0. The summed E-state index contributed by atoms with van der Waals surface area (Å²) in [5, 5.41) is 0. The lowest BCUT2D eigenvalue weighted by molar-refractivity contribution is 0.637. The third-order valence-corrected chi connectivity index (χ3v) is 4.61. The standard InChI is InChI=1S/C11H21.BrH.Mg/c1-3-5-7-9-11-10-8-6-4-2;;/h6,8H,1,3-5,7,9-11H2,2H3;1H;/q;;+1/p-1/b8-6+;;.